The maximum atomic E-state index is 10.6. The maximum Gasteiger partial charge on any atom is 0.140 e. The monoisotopic (exact) mass is 351 g/mol. The van der Waals surface area contributed by atoms with Gasteiger partial charge in [0.05, 0.1) is 11.8 Å². The number of rotatable bonds is 4. The molecule has 1 N–H and O–H groups in total. The Morgan fingerprint density at radius 2 is 2.15 bits per heavy atom. The van der Waals surface area contributed by atoms with E-state index in [1.807, 2.05) is 12.1 Å². The molecule has 3 aromatic rings. The predicted molar refractivity (Wildman–Crippen MR) is 102 cm³/mol. The molecule has 1 aliphatic heterocycles. The van der Waals surface area contributed by atoms with Crippen LogP contribution in [-0.2, 0) is 0 Å². The standard InChI is InChI=1S/C21H25N3O2/c1-15-8-9-18-17(12-15)21(23-14-22-18)24-10-4-2-3-6-16(24)13-19(25)20-7-5-11-26-20/h5,7-9,11-12,14,16,19,25H,2-4,6,10,13H2,1H3. The van der Waals surface area contributed by atoms with Crippen molar-refractivity contribution in [2.45, 2.75) is 51.2 Å². The molecule has 1 aliphatic rings. The van der Waals surface area contributed by atoms with Crippen molar-refractivity contribution in [3.8, 4) is 0 Å². The number of aliphatic hydroxyl groups is 1. The first-order valence-corrected chi connectivity index (χ1v) is 9.42. The lowest BCUT2D eigenvalue weighted by molar-refractivity contribution is 0.129. The lowest BCUT2D eigenvalue weighted by Gasteiger charge is -2.33. The van der Waals surface area contributed by atoms with Gasteiger partial charge in [-0.2, -0.15) is 0 Å². The SMILES string of the molecule is Cc1ccc2ncnc(N3CCCCCC3CC(O)c3ccco3)c2c1. The Hall–Kier alpha value is -2.40. The van der Waals surface area contributed by atoms with Crippen LogP contribution in [0.4, 0.5) is 5.82 Å². The number of aliphatic hydroxyl groups excluding tert-OH is 1. The third-order valence-corrected chi connectivity index (χ3v) is 5.29. The van der Waals surface area contributed by atoms with Crippen molar-refractivity contribution in [2.75, 3.05) is 11.4 Å². The van der Waals surface area contributed by atoms with E-state index in [4.69, 9.17) is 4.42 Å². The van der Waals surface area contributed by atoms with E-state index in [2.05, 4.69) is 40.0 Å². The Labute approximate surface area is 153 Å². The summed E-state index contributed by atoms with van der Waals surface area (Å²) in [5, 5.41) is 11.7. The molecule has 0 saturated carbocycles. The Morgan fingerprint density at radius 1 is 1.23 bits per heavy atom. The molecule has 2 aromatic heterocycles. The number of aryl methyl sites for hydroxylation is 1. The van der Waals surface area contributed by atoms with Crippen LogP contribution >= 0.6 is 0 Å². The molecule has 1 aromatic carbocycles. The highest BCUT2D eigenvalue weighted by molar-refractivity contribution is 5.90. The van der Waals surface area contributed by atoms with Crippen molar-refractivity contribution < 1.29 is 9.52 Å². The van der Waals surface area contributed by atoms with Gasteiger partial charge in [-0.25, -0.2) is 9.97 Å². The van der Waals surface area contributed by atoms with Crippen LogP contribution in [0.25, 0.3) is 10.9 Å². The van der Waals surface area contributed by atoms with E-state index in [1.165, 1.54) is 18.4 Å². The van der Waals surface area contributed by atoms with Gasteiger partial charge in [-0.05, 0) is 44.0 Å². The number of nitrogens with zero attached hydrogens (tertiary/aromatic N) is 3. The highest BCUT2D eigenvalue weighted by atomic mass is 16.4. The number of anilines is 1. The fraction of sp³-hybridized carbons (Fsp3) is 0.429. The summed E-state index contributed by atoms with van der Waals surface area (Å²) in [5.74, 6) is 1.62. The summed E-state index contributed by atoms with van der Waals surface area (Å²) in [7, 11) is 0. The quantitative estimate of drug-likeness (QED) is 0.755. The fourth-order valence-electron chi connectivity index (χ4n) is 3.94. The molecule has 4 rings (SSSR count). The second kappa shape index (κ2) is 7.46. The Bertz CT molecular complexity index is 863. The molecule has 0 radical (unpaired) electrons. The van der Waals surface area contributed by atoms with Gasteiger partial charge in [-0.3, -0.25) is 0 Å². The molecule has 2 unspecified atom stereocenters. The summed E-state index contributed by atoms with van der Waals surface area (Å²) >= 11 is 0. The van der Waals surface area contributed by atoms with Crippen molar-refractivity contribution in [3.05, 3.63) is 54.2 Å². The van der Waals surface area contributed by atoms with Crippen LogP contribution in [0.3, 0.4) is 0 Å². The van der Waals surface area contributed by atoms with Gasteiger partial charge in [0.1, 0.15) is 24.0 Å². The molecule has 2 atom stereocenters. The summed E-state index contributed by atoms with van der Waals surface area (Å²) in [6.07, 6.45) is 7.90. The number of fused-ring (bicyclic) bond motifs is 1. The Morgan fingerprint density at radius 3 is 3.00 bits per heavy atom. The normalized spacial score (nSPS) is 19.5. The smallest absolute Gasteiger partial charge is 0.140 e. The van der Waals surface area contributed by atoms with Crippen LogP contribution in [0.15, 0.2) is 47.3 Å². The molecule has 26 heavy (non-hydrogen) atoms. The number of hydrogen-bond donors (Lipinski definition) is 1. The van der Waals surface area contributed by atoms with Crippen molar-refractivity contribution in [1.82, 2.24) is 9.97 Å². The van der Waals surface area contributed by atoms with Gasteiger partial charge in [-0.1, -0.05) is 24.5 Å². The molecule has 1 fully saturated rings. The van der Waals surface area contributed by atoms with Crippen LogP contribution in [0.1, 0.15) is 49.5 Å². The predicted octanol–water partition coefficient (Wildman–Crippen LogP) is 4.40. The van der Waals surface area contributed by atoms with E-state index >= 15 is 0 Å². The highest BCUT2D eigenvalue weighted by Gasteiger charge is 2.27. The first-order chi connectivity index (χ1) is 12.7. The molecule has 136 valence electrons. The van der Waals surface area contributed by atoms with E-state index in [9.17, 15) is 5.11 Å². The topological polar surface area (TPSA) is 62.4 Å². The van der Waals surface area contributed by atoms with E-state index in [0.29, 0.717) is 12.2 Å². The van der Waals surface area contributed by atoms with Crippen molar-refractivity contribution in [2.24, 2.45) is 0 Å². The molecule has 3 heterocycles. The van der Waals surface area contributed by atoms with Gasteiger partial charge >= 0.3 is 0 Å². The third kappa shape index (κ3) is 3.44. The van der Waals surface area contributed by atoms with Crippen LogP contribution in [0, 0.1) is 6.92 Å². The number of benzene rings is 1. The lowest BCUT2D eigenvalue weighted by Crippen LogP contribution is -2.37. The van der Waals surface area contributed by atoms with E-state index in [-0.39, 0.29) is 6.04 Å². The molecule has 5 heteroatoms. The van der Waals surface area contributed by atoms with E-state index in [0.717, 1.165) is 36.1 Å². The molecular formula is C21H25N3O2. The van der Waals surface area contributed by atoms with Gasteiger partial charge in [0, 0.05) is 24.4 Å². The molecule has 0 bridgehead atoms. The van der Waals surface area contributed by atoms with Crippen molar-refractivity contribution in [3.63, 3.8) is 0 Å². The maximum absolute atomic E-state index is 10.6. The molecule has 1 saturated heterocycles. The fourth-order valence-corrected chi connectivity index (χ4v) is 3.94. The highest BCUT2D eigenvalue weighted by Crippen LogP contribution is 2.32. The van der Waals surface area contributed by atoms with Crippen LogP contribution in [0.2, 0.25) is 0 Å². The molecule has 0 amide bonds. The Balaban J connectivity index is 1.68. The lowest BCUT2D eigenvalue weighted by atomic mass is 10.0. The zero-order valence-corrected chi connectivity index (χ0v) is 15.1. The van der Waals surface area contributed by atoms with Gasteiger partial charge in [-0.15, -0.1) is 0 Å². The molecule has 5 nitrogen and oxygen atoms in total. The average Bonchev–Trinajstić information content (AvgIpc) is 3.09. The second-order valence-corrected chi connectivity index (χ2v) is 7.18. The molecule has 0 aliphatic carbocycles. The molecule has 0 spiro atoms. The van der Waals surface area contributed by atoms with Gasteiger partial charge in [0.2, 0.25) is 0 Å². The average molecular weight is 351 g/mol. The minimum absolute atomic E-state index is 0.233. The zero-order valence-electron chi connectivity index (χ0n) is 15.1. The van der Waals surface area contributed by atoms with Crippen molar-refractivity contribution in [1.29, 1.82) is 0 Å². The number of hydrogen-bond acceptors (Lipinski definition) is 5. The summed E-state index contributed by atoms with van der Waals surface area (Å²) in [4.78, 5) is 11.4. The van der Waals surface area contributed by atoms with Crippen LogP contribution in [-0.4, -0.2) is 27.7 Å². The van der Waals surface area contributed by atoms with E-state index in [1.54, 1.807) is 12.6 Å². The largest absolute Gasteiger partial charge is 0.467 e. The van der Waals surface area contributed by atoms with Gasteiger partial charge in [0.15, 0.2) is 0 Å². The van der Waals surface area contributed by atoms with Gasteiger partial charge in [0.25, 0.3) is 0 Å². The Kier molecular flexibility index (Phi) is 4.89. The first kappa shape index (κ1) is 17.0. The third-order valence-electron chi connectivity index (χ3n) is 5.29. The summed E-state index contributed by atoms with van der Waals surface area (Å²) in [5.41, 5.74) is 2.17. The number of aromatic nitrogens is 2. The van der Waals surface area contributed by atoms with Gasteiger partial charge < -0.3 is 14.4 Å². The van der Waals surface area contributed by atoms with Crippen LogP contribution < -0.4 is 4.90 Å². The minimum Gasteiger partial charge on any atom is -0.467 e. The van der Waals surface area contributed by atoms with Crippen molar-refractivity contribution >= 4 is 16.7 Å². The van der Waals surface area contributed by atoms with E-state index < -0.39 is 6.10 Å². The zero-order chi connectivity index (χ0) is 17.9. The molecular weight excluding hydrogens is 326 g/mol. The number of furan rings is 1. The second-order valence-electron chi connectivity index (χ2n) is 7.18. The summed E-state index contributed by atoms with van der Waals surface area (Å²) in [6, 6.07) is 10.2. The first-order valence-electron chi connectivity index (χ1n) is 9.42. The minimum atomic E-state index is -0.592. The summed E-state index contributed by atoms with van der Waals surface area (Å²) in [6.45, 7) is 3.05. The summed E-state index contributed by atoms with van der Waals surface area (Å²) < 4.78 is 5.40. The van der Waals surface area contributed by atoms with Crippen LogP contribution in [0.5, 0.6) is 0 Å².